The summed E-state index contributed by atoms with van der Waals surface area (Å²) in [5.41, 5.74) is 0. The highest BCUT2D eigenvalue weighted by Gasteiger charge is 2.21. The second-order valence-electron chi connectivity index (χ2n) is 3.88. The molecule has 1 rings (SSSR count). The minimum atomic E-state index is 0.899. The lowest BCUT2D eigenvalue weighted by Crippen LogP contribution is -2.03. The Hall–Kier alpha value is 0.350. The van der Waals surface area contributed by atoms with Crippen LogP contribution in [-0.2, 0) is 0 Å². The molecule has 0 N–H and O–H groups in total. The van der Waals surface area contributed by atoms with E-state index in [1.165, 1.54) is 18.6 Å². The van der Waals surface area contributed by atoms with Gasteiger partial charge in [-0.2, -0.15) is 11.8 Å². The quantitative estimate of drug-likeness (QED) is 0.595. The number of thioether (sulfide) groups is 1. The molecule has 0 nitrogen and oxygen atoms in total. The Morgan fingerprint density at radius 2 is 2.20 bits per heavy atom. The first-order chi connectivity index (χ1) is 4.68. The van der Waals surface area contributed by atoms with Crippen molar-refractivity contribution in [2.75, 3.05) is 5.75 Å². The van der Waals surface area contributed by atoms with Crippen LogP contribution >= 0.6 is 11.8 Å². The van der Waals surface area contributed by atoms with E-state index in [1.54, 1.807) is 0 Å². The van der Waals surface area contributed by atoms with Gasteiger partial charge in [-0.15, -0.1) is 0 Å². The zero-order chi connectivity index (χ0) is 7.56. The summed E-state index contributed by atoms with van der Waals surface area (Å²) in [7, 11) is 0. The predicted octanol–water partition coefficient (Wildman–Crippen LogP) is 3.17. The molecule has 0 spiro atoms. The molecule has 0 saturated carbocycles. The molecule has 60 valence electrons. The van der Waals surface area contributed by atoms with Gasteiger partial charge in [-0.05, 0) is 30.4 Å². The zero-order valence-electron chi connectivity index (χ0n) is 7.26. The summed E-state index contributed by atoms with van der Waals surface area (Å²) in [6, 6.07) is 0. The molecule has 0 radical (unpaired) electrons. The van der Waals surface area contributed by atoms with Gasteiger partial charge in [0.15, 0.2) is 0 Å². The van der Waals surface area contributed by atoms with E-state index in [4.69, 9.17) is 0 Å². The monoisotopic (exact) mass is 158 g/mol. The lowest BCUT2D eigenvalue weighted by molar-refractivity contribution is 0.435. The van der Waals surface area contributed by atoms with E-state index in [2.05, 4.69) is 32.5 Å². The van der Waals surface area contributed by atoms with Crippen LogP contribution in [0.5, 0.6) is 0 Å². The fourth-order valence-corrected chi connectivity index (χ4v) is 3.02. The highest BCUT2D eigenvalue weighted by molar-refractivity contribution is 8.00. The normalized spacial score (nSPS) is 33.6. The molecular formula is C9H18S. The first-order valence-corrected chi connectivity index (χ1v) is 5.35. The Bertz CT molecular complexity index is 98.9. The topological polar surface area (TPSA) is 0 Å². The molecule has 0 aliphatic carbocycles. The average molecular weight is 158 g/mol. The van der Waals surface area contributed by atoms with Crippen LogP contribution in [-0.4, -0.2) is 11.0 Å². The fraction of sp³-hybridized carbons (Fsp3) is 1.00. The highest BCUT2D eigenvalue weighted by atomic mass is 32.2. The molecule has 10 heavy (non-hydrogen) atoms. The zero-order valence-corrected chi connectivity index (χ0v) is 8.08. The Kier molecular flexibility index (Phi) is 3.09. The minimum absolute atomic E-state index is 0.899. The third kappa shape index (κ3) is 2.53. The molecule has 0 aromatic carbocycles. The maximum absolute atomic E-state index is 2.35. The van der Waals surface area contributed by atoms with Crippen molar-refractivity contribution in [1.29, 1.82) is 0 Å². The summed E-state index contributed by atoms with van der Waals surface area (Å²) >= 11 is 2.15. The number of rotatable bonds is 2. The summed E-state index contributed by atoms with van der Waals surface area (Å²) in [5.74, 6) is 3.34. The summed E-state index contributed by atoms with van der Waals surface area (Å²) in [6.45, 7) is 7.01. The van der Waals surface area contributed by atoms with Gasteiger partial charge in [-0.25, -0.2) is 0 Å². The van der Waals surface area contributed by atoms with Gasteiger partial charge in [0.1, 0.15) is 0 Å². The Morgan fingerprint density at radius 3 is 2.60 bits per heavy atom. The van der Waals surface area contributed by atoms with Gasteiger partial charge >= 0.3 is 0 Å². The molecule has 1 heteroatoms. The van der Waals surface area contributed by atoms with Gasteiger partial charge < -0.3 is 0 Å². The van der Waals surface area contributed by atoms with Crippen molar-refractivity contribution in [3.63, 3.8) is 0 Å². The number of hydrogen-bond acceptors (Lipinski definition) is 1. The molecule has 0 aromatic heterocycles. The third-order valence-electron chi connectivity index (χ3n) is 2.09. The summed E-state index contributed by atoms with van der Waals surface area (Å²) < 4.78 is 0. The highest BCUT2D eigenvalue weighted by Crippen LogP contribution is 2.34. The van der Waals surface area contributed by atoms with Gasteiger partial charge in [0.25, 0.3) is 0 Å². The molecule has 1 aliphatic heterocycles. The van der Waals surface area contributed by atoms with E-state index in [-0.39, 0.29) is 0 Å². The van der Waals surface area contributed by atoms with Gasteiger partial charge in [0.2, 0.25) is 0 Å². The largest absolute Gasteiger partial charge is 0.159 e. The maximum Gasteiger partial charge on any atom is 0.00217 e. The predicted molar refractivity (Wildman–Crippen MR) is 49.5 cm³/mol. The molecule has 1 saturated heterocycles. The van der Waals surface area contributed by atoms with Crippen LogP contribution in [0.25, 0.3) is 0 Å². The SMILES string of the molecule is CC(C)CC1CSC(C)C1. The average Bonchev–Trinajstić information content (AvgIpc) is 2.13. The van der Waals surface area contributed by atoms with Crippen LogP contribution in [0.15, 0.2) is 0 Å². The molecule has 1 heterocycles. The van der Waals surface area contributed by atoms with E-state index in [0.717, 1.165) is 17.1 Å². The molecule has 0 amide bonds. The van der Waals surface area contributed by atoms with Crippen LogP contribution in [0.1, 0.15) is 33.6 Å². The lowest BCUT2D eigenvalue weighted by Gasteiger charge is -2.10. The molecule has 0 bridgehead atoms. The van der Waals surface area contributed by atoms with Crippen molar-refractivity contribution in [3.05, 3.63) is 0 Å². The lowest BCUT2D eigenvalue weighted by atomic mass is 9.95. The van der Waals surface area contributed by atoms with Crippen molar-refractivity contribution >= 4 is 11.8 Å². The summed E-state index contributed by atoms with van der Waals surface area (Å²) in [6.07, 6.45) is 2.90. The summed E-state index contributed by atoms with van der Waals surface area (Å²) in [5, 5.41) is 0.934. The van der Waals surface area contributed by atoms with Crippen molar-refractivity contribution < 1.29 is 0 Å². The van der Waals surface area contributed by atoms with Gasteiger partial charge in [-0.1, -0.05) is 20.8 Å². The smallest absolute Gasteiger partial charge is 0.00217 e. The third-order valence-corrected chi connectivity index (χ3v) is 3.51. The standard InChI is InChI=1S/C9H18S/c1-7(2)4-9-5-8(3)10-6-9/h7-9H,4-6H2,1-3H3. The van der Waals surface area contributed by atoms with E-state index in [1.807, 2.05) is 0 Å². The molecule has 1 fully saturated rings. The van der Waals surface area contributed by atoms with Gasteiger partial charge in [0.05, 0.1) is 0 Å². The van der Waals surface area contributed by atoms with Gasteiger partial charge in [-0.3, -0.25) is 0 Å². The maximum atomic E-state index is 2.35. The second-order valence-corrected chi connectivity index (χ2v) is 5.35. The van der Waals surface area contributed by atoms with E-state index < -0.39 is 0 Å². The first kappa shape index (κ1) is 8.45. The first-order valence-electron chi connectivity index (χ1n) is 4.30. The number of hydrogen-bond donors (Lipinski definition) is 0. The minimum Gasteiger partial charge on any atom is -0.159 e. The van der Waals surface area contributed by atoms with Crippen molar-refractivity contribution in [3.8, 4) is 0 Å². The molecule has 2 unspecified atom stereocenters. The Morgan fingerprint density at radius 1 is 1.50 bits per heavy atom. The van der Waals surface area contributed by atoms with Crippen LogP contribution < -0.4 is 0 Å². The van der Waals surface area contributed by atoms with Crippen LogP contribution in [0, 0.1) is 11.8 Å². The van der Waals surface area contributed by atoms with E-state index >= 15 is 0 Å². The van der Waals surface area contributed by atoms with Crippen molar-refractivity contribution in [2.24, 2.45) is 11.8 Å². The second kappa shape index (κ2) is 3.66. The van der Waals surface area contributed by atoms with Crippen LogP contribution in [0.2, 0.25) is 0 Å². The van der Waals surface area contributed by atoms with E-state index in [9.17, 15) is 0 Å². The van der Waals surface area contributed by atoms with Gasteiger partial charge in [0, 0.05) is 5.25 Å². The molecule has 0 aromatic rings. The fourth-order valence-electron chi connectivity index (χ4n) is 1.74. The molecule has 2 atom stereocenters. The molecular weight excluding hydrogens is 140 g/mol. The van der Waals surface area contributed by atoms with Crippen molar-refractivity contribution in [2.45, 2.75) is 38.9 Å². The van der Waals surface area contributed by atoms with Crippen LogP contribution in [0.3, 0.4) is 0 Å². The van der Waals surface area contributed by atoms with Crippen molar-refractivity contribution in [1.82, 2.24) is 0 Å². The summed E-state index contributed by atoms with van der Waals surface area (Å²) in [4.78, 5) is 0. The molecule has 1 aliphatic rings. The Balaban J connectivity index is 2.18. The van der Waals surface area contributed by atoms with Crippen LogP contribution in [0.4, 0.5) is 0 Å². The Labute approximate surface area is 68.8 Å². The van der Waals surface area contributed by atoms with E-state index in [0.29, 0.717) is 0 Å².